The maximum atomic E-state index is 12.8. The first-order valence-corrected chi connectivity index (χ1v) is 8.79. The minimum Gasteiger partial charge on any atom is -0.398 e. The average Bonchev–Trinajstić information content (AvgIpc) is 2.71. The van der Waals surface area contributed by atoms with Crippen molar-refractivity contribution < 1.29 is 27.6 Å². The Kier molecular flexibility index (Phi) is 8.17. The molecule has 2 aromatic carbocycles. The quantitative estimate of drug-likeness (QED) is 0.379. The number of hydrogen-bond acceptors (Lipinski definition) is 5. The van der Waals surface area contributed by atoms with Gasteiger partial charge >= 0.3 is 6.18 Å². The van der Waals surface area contributed by atoms with Crippen LogP contribution in [-0.4, -0.2) is 32.3 Å². The van der Waals surface area contributed by atoms with Crippen molar-refractivity contribution in [3.8, 4) is 0 Å². The number of amides is 1. The largest absolute Gasteiger partial charge is 0.416 e. The summed E-state index contributed by atoms with van der Waals surface area (Å²) >= 11 is 0. The highest BCUT2D eigenvalue weighted by atomic mass is 19.4. The lowest BCUT2D eigenvalue weighted by Gasteiger charge is -2.12. The van der Waals surface area contributed by atoms with Gasteiger partial charge in [-0.2, -0.15) is 13.2 Å². The van der Waals surface area contributed by atoms with Crippen LogP contribution in [0.25, 0.3) is 0 Å². The summed E-state index contributed by atoms with van der Waals surface area (Å²) < 4.78 is 38.3. The third kappa shape index (κ3) is 6.58. The van der Waals surface area contributed by atoms with Gasteiger partial charge < -0.3 is 10.2 Å². The van der Waals surface area contributed by atoms with E-state index in [1.807, 2.05) is 0 Å². The minimum absolute atomic E-state index is 0.109. The van der Waals surface area contributed by atoms with Gasteiger partial charge in [0.1, 0.15) is 7.11 Å². The molecule has 6 nitrogen and oxygen atoms in total. The molecule has 0 bridgehead atoms. The van der Waals surface area contributed by atoms with Gasteiger partial charge in [-0.05, 0) is 23.6 Å². The molecular weight excluding hydrogens is 387 g/mol. The second kappa shape index (κ2) is 10.6. The van der Waals surface area contributed by atoms with Crippen LogP contribution in [0.3, 0.4) is 0 Å². The predicted molar refractivity (Wildman–Crippen MR) is 102 cm³/mol. The van der Waals surface area contributed by atoms with E-state index in [-0.39, 0.29) is 12.3 Å². The van der Waals surface area contributed by atoms with Crippen molar-refractivity contribution in [2.24, 2.45) is 5.16 Å². The van der Waals surface area contributed by atoms with E-state index >= 15 is 0 Å². The Balaban J connectivity index is 1.94. The first kappa shape index (κ1) is 22.4. The van der Waals surface area contributed by atoms with Gasteiger partial charge in [0, 0.05) is 19.2 Å². The topological polar surface area (TPSA) is 72.0 Å². The Hall–Kier alpha value is -2.91. The maximum absolute atomic E-state index is 12.8. The van der Waals surface area contributed by atoms with Gasteiger partial charge in [0.15, 0.2) is 5.71 Å². The molecule has 9 heteroatoms. The number of carbonyl (C=O) groups excluding carboxylic acids is 1. The third-order valence-electron chi connectivity index (χ3n) is 4.00. The molecule has 2 aromatic rings. The average molecular weight is 409 g/mol. The highest BCUT2D eigenvalue weighted by Gasteiger charge is 2.30. The van der Waals surface area contributed by atoms with Crippen molar-refractivity contribution in [3.63, 3.8) is 0 Å². The molecule has 0 aliphatic heterocycles. The molecule has 0 unspecified atom stereocenters. The van der Waals surface area contributed by atoms with Crippen molar-refractivity contribution in [1.82, 2.24) is 10.8 Å². The summed E-state index contributed by atoms with van der Waals surface area (Å²) in [4.78, 5) is 22.2. The van der Waals surface area contributed by atoms with Gasteiger partial charge in [0.2, 0.25) is 0 Å². The van der Waals surface area contributed by atoms with Crippen molar-refractivity contribution in [2.45, 2.75) is 19.2 Å². The molecule has 0 heterocycles. The second-order valence-electron chi connectivity index (χ2n) is 5.99. The van der Waals surface area contributed by atoms with Gasteiger partial charge in [-0.15, -0.1) is 0 Å². The summed E-state index contributed by atoms with van der Waals surface area (Å²) in [6.45, 7) is 0.441. The molecule has 0 saturated carbocycles. The molecule has 0 atom stereocenters. The van der Waals surface area contributed by atoms with E-state index in [1.165, 1.54) is 20.2 Å². The monoisotopic (exact) mass is 409 g/mol. The molecule has 29 heavy (non-hydrogen) atoms. The molecule has 2 N–H and O–H groups in total. The zero-order chi connectivity index (χ0) is 21.3. The number of nitrogens with zero attached hydrogens (tertiary/aromatic N) is 1. The SMILES string of the molecule is CNC(=O)C(=NOC)c1ccccc1CONCCc1cccc(C(F)(F)F)c1. The number of hydroxylamine groups is 1. The molecule has 0 spiro atoms. The molecule has 0 radical (unpaired) electrons. The van der Waals surface area contributed by atoms with Crippen LogP contribution < -0.4 is 10.8 Å². The van der Waals surface area contributed by atoms with Gasteiger partial charge in [-0.3, -0.25) is 9.63 Å². The fourth-order valence-corrected chi connectivity index (χ4v) is 2.60. The molecule has 0 fully saturated rings. The summed E-state index contributed by atoms with van der Waals surface area (Å²) in [5, 5.41) is 6.27. The van der Waals surface area contributed by atoms with Crippen LogP contribution in [0.5, 0.6) is 0 Å². The normalized spacial score (nSPS) is 12.0. The zero-order valence-electron chi connectivity index (χ0n) is 16.0. The molecule has 2 rings (SSSR count). The van der Waals surface area contributed by atoms with E-state index in [0.717, 1.165) is 12.1 Å². The van der Waals surface area contributed by atoms with Crippen LogP contribution in [-0.2, 0) is 33.7 Å². The number of nitrogens with one attached hydrogen (secondary N) is 2. The van der Waals surface area contributed by atoms with Crippen LogP contribution in [0, 0.1) is 0 Å². The van der Waals surface area contributed by atoms with Crippen LogP contribution in [0.4, 0.5) is 13.2 Å². The molecule has 156 valence electrons. The lowest BCUT2D eigenvalue weighted by Crippen LogP contribution is -2.29. The third-order valence-corrected chi connectivity index (χ3v) is 4.00. The maximum Gasteiger partial charge on any atom is 0.416 e. The van der Waals surface area contributed by atoms with Gasteiger partial charge in [-0.25, -0.2) is 5.48 Å². The zero-order valence-corrected chi connectivity index (χ0v) is 16.0. The van der Waals surface area contributed by atoms with Gasteiger partial charge in [0.25, 0.3) is 5.91 Å². The number of benzene rings is 2. The number of hydrogen-bond donors (Lipinski definition) is 2. The fourth-order valence-electron chi connectivity index (χ4n) is 2.60. The molecule has 0 aliphatic rings. The summed E-state index contributed by atoms with van der Waals surface area (Å²) in [5.74, 6) is -0.406. The highest BCUT2D eigenvalue weighted by Crippen LogP contribution is 2.29. The minimum atomic E-state index is -4.37. The number of oxime groups is 1. The first-order valence-electron chi connectivity index (χ1n) is 8.79. The molecule has 0 aliphatic carbocycles. The van der Waals surface area contributed by atoms with Crippen LogP contribution >= 0.6 is 0 Å². The first-order chi connectivity index (χ1) is 13.9. The number of rotatable bonds is 9. The smallest absolute Gasteiger partial charge is 0.398 e. The predicted octanol–water partition coefficient (Wildman–Crippen LogP) is 3.07. The Bertz CT molecular complexity index is 854. The Labute approximate surface area is 166 Å². The molecular formula is C20H22F3N3O3. The standard InChI is InChI=1S/C20H22F3N3O3/c1-24-19(27)18(26-28-2)17-9-4-3-7-15(17)13-29-25-11-10-14-6-5-8-16(12-14)20(21,22)23/h3-9,12,25H,10-11,13H2,1-2H3,(H,24,27). The van der Waals surface area contributed by atoms with E-state index in [0.29, 0.717) is 29.7 Å². The van der Waals surface area contributed by atoms with Crippen molar-refractivity contribution in [1.29, 1.82) is 0 Å². The summed E-state index contributed by atoms with van der Waals surface area (Å²) in [6, 6.07) is 12.2. The van der Waals surface area contributed by atoms with Gasteiger partial charge in [0.05, 0.1) is 12.2 Å². The van der Waals surface area contributed by atoms with E-state index in [1.54, 1.807) is 30.3 Å². The van der Waals surface area contributed by atoms with Crippen molar-refractivity contribution >= 4 is 11.6 Å². The summed E-state index contributed by atoms with van der Waals surface area (Å²) in [7, 11) is 2.83. The van der Waals surface area contributed by atoms with E-state index in [9.17, 15) is 18.0 Å². The fraction of sp³-hybridized carbons (Fsp3) is 0.300. The van der Waals surface area contributed by atoms with Crippen molar-refractivity contribution in [3.05, 3.63) is 70.8 Å². The number of likely N-dealkylation sites (N-methyl/N-ethyl adjacent to an activating group) is 1. The van der Waals surface area contributed by atoms with Crippen LogP contribution in [0.15, 0.2) is 53.7 Å². The summed E-state index contributed by atoms with van der Waals surface area (Å²) in [6.07, 6.45) is -4.00. The number of carbonyl (C=O) groups is 1. The van der Waals surface area contributed by atoms with E-state index < -0.39 is 17.6 Å². The van der Waals surface area contributed by atoms with Gasteiger partial charge in [-0.1, -0.05) is 47.6 Å². The van der Waals surface area contributed by atoms with Crippen LogP contribution in [0.2, 0.25) is 0 Å². The van der Waals surface area contributed by atoms with E-state index in [4.69, 9.17) is 9.68 Å². The van der Waals surface area contributed by atoms with Crippen LogP contribution in [0.1, 0.15) is 22.3 Å². The molecule has 0 saturated heterocycles. The van der Waals surface area contributed by atoms with Crippen molar-refractivity contribution in [2.75, 3.05) is 20.7 Å². The van der Waals surface area contributed by atoms with E-state index in [2.05, 4.69) is 16.0 Å². The number of halogens is 3. The second-order valence-corrected chi connectivity index (χ2v) is 5.99. The Morgan fingerprint density at radius 3 is 2.59 bits per heavy atom. The molecule has 1 amide bonds. The lowest BCUT2D eigenvalue weighted by atomic mass is 10.0. The Morgan fingerprint density at radius 1 is 1.14 bits per heavy atom. The summed E-state index contributed by atoms with van der Waals surface area (Å²) in [5.41, 5.74) is 3.95. The molecule has 0 aromatic heterocycles. The number of alkyl halides is 3. The Morgan fingerprint density at radius 2 is 1.90 bits per heavy atom. The lowest BCUT2D eigenvalue weighted by molar-refractivity contribution is -0.137. The highest BCUT2D eigenvalue weighted by molar-refractivity contribution is 6.45.